The maximum Gasteiger partial charge on any atom is 0.247 e. The van der Waals surface area contributed by atoms with Crippen LogP contribution in [0.2, 0.25) is 0 Å². The standard InChI is InChI=1S/C13H22BrN3O2S/c1-5-7-15-13-12(8-11(14)9-16-13)20(18,19)17(6-2)10(3)4/h8-10H,5-7H2,1-4H3,(H,15,16). The average molecular weight is 364 g/mol. The van der Waals surface area contributed by atoms with Crippen LogP contribution in [0.15, 0.2) is 21.6 Å². The molecule has 1 aromatic rings. The Hall–Kier alpha value is -0.660. The van der Waals surface area contributed by atoms with Crippen molar-refractivity contribution in [3.63, 3.8) is 0 Å². The fourth-order valence-corrected chi connectivity index (χ4v) is 4.21. The van der Waals surface area contributed by atoms with Crippen LogP contribution in [-0.2, 0) is 10.0 Å². The predicted molar refractivity (Wildman–Crippen MR) is 85.4 cm³/mol. The van der Waals surface area contributed by atoms with Gasteiger partial charge in [0.2, 0.25) is 10.0 Å². The molecule has 20 heavy (non-hydrogen) atoms. The third-order valence-corrected chi connectivity index (χ3v) is 5.43. The number of nitrogens with one attached hydrogen (secondary N) is 1. The van der Waals surface area contributed by atoms with E-state index in [-0.39, 0.29) is 10.9 Å². The fourth-order valence-electron chi connectivity index (χ4n) is 1.93. The molecule has 0 atom stereocenters. The maximum absolute atomic E-state index is 12.8. The number of halogens is 1. The average Bonchev–Trinajstić information content (AvgIpc) is 2.37. The lowest BCUT2D eigenvalue weighted by Crippen LogP contribution is -2.37. The number of sulfonamides is 1. The molecule has 5 nitrogen and oxygen atoms in total. The maximum atomic E-state index is 12.8. The lowest BCUT2D eigenvalue weighted by molar-refractivity contribution is 0.369. The van der Waals surface area contributed by atoms with E-state index in [1.165, 1.54) is 4.31 Å². The van der Waals surface area contributed by atoms with Crippen molar-refractivity contribution in [1.29, 1.82) is 0 Å². The molecule has 0 unspecified atom stereocenters. The molecule has 0 aromatic carbocycles. The molecule has 0 saturated heterocycles. The summed E-state index contributed by atoms with van der Waals surface area (Å²) >= 11 is 3.29. The first kappa shape index (κ1) is 17.4. The van der Waals surface area contributed by atoms with Gasteiger partial charge in [-0.3, -0.25) is 0 Å². The van der Waals surface area contributed by atoms with Crippen LogP contribution in [-0.4, -0.2) is 36.8 Å². The van der Waals surface area contributed by atoms with Crippen molar-refractivity contribution in [3.05, 3.63) is 16.7 Å². The summed E-state index contributed by atoms with van der Waals surface area (Å²) in [5.74, 6) is 0.411. The molecule has 1 N–H and O–H groups in total. The summed E-state index contributed by atoms with van der Waals surface area (Å²) in [7, 11) is -3.56. The second kappa shape index (κ2) is 7.38. The van der Waals surface area contributed by atoms with Gasteiger partial charge in [0.25, 0.3) is 0 Å². The lowest BCUT2D eigenvalue weighted by Gasteiger charge is -2.25. The molecule has 0 fully saturated rings. The largest absolute Gasteiger partial charge is 0.369 e. The van der Waals surface area contributed by atoms with Crippen molar-refractivity contribution in [2.75, 3.05) is 18.4 Å². The van der Waals surface area contributed by atoms with E-state index in [0.29, 0.717) is 23.4 Å². The highest BCUT2D eigenvalue weighted by molar-refractivity contribution is 9.10. The van der Waals surface area contributed by atoms with E-state index < -0.39 is 10.0 Å². The van der Waals surface area contributed by atoms with Gasteiger partial charge >= 0.3 is 0 Å². The molecule has 7 heteroatoms. The van der Waals surface area contributed by atoms with Gasteiger partial charge in [0, 0.05) is 29.8 Å². The number of rotatable bonds is 7. The van der Waals surface area contributed by atoms with Gasteiger partial charge in [-0.1, -0.05) is 13.8 Å². The van der Waals surface area contributed by atoms with Crippen molar-refractivity contribution < 1.29 is 8.42 Å². The van der Waals surface area contributed by atoms with E-state index in [9.17, 15) is 8.42 Å². The fraction of sp³-hybridized carbons (Fsp3) is 0.615. The van der Waals surface area contributed by atoms with Gasteiger partial charge in [-0.2, -0.15) is 4.31 Å². The van der Waals surface area contributed by atoms with E-state index in [2.05, 4.69) is 26.2 Å². The first-order valence-corrected chi connectivity index (χ1v) is 8.99. The van der Waals surface area contributed by atoms with Crippen molar-refractivity contribution in [3.8, 4) is 0 Å². The summed E-state index contributed by atoms with van der Waals surface area (Å²) in [4.78, 5) is 4.41. The Bertz CT molecular complexity index is 547. The third kappa shape index (κ3) is 3.93. The molecule has 1 rings (SSSR count). The summed E-state index contributed by atoms with van der Waals surface area (Å²) in [5.41, 5.74) is 0. The number of nitrogens with zero attached hydrogens (tertiary/aromatic N) is 2. The molecule has 0 aliphatic heterocycles. The van der Waals surface area contributed by atoms with Crippen LogP contribution in [0.25, 0.3) is 0 Å². The normalized spacial score (nSPS) is 12.2. The Morgan fingerprint density at radius 3 is 2.55 bits per heavy atom. The molecule has 0 radical (unpaired) electrons. The van der Waals surface area contributed by atoms with Crippen LogP contribution in [0.5, 0.6) is 0 Å². The SMILES string of the molecule is CCCNc1ncc(Br)cc1S(=O)(=O)N(CC)C(C)C. The Morgan fingerprint density at radius 1 is 1.40 bits per heavy atom. The molecule has 114 valence electrons. The Morgan fingerprint density at radius 2 is 2.05 bits per heavy atom. The number of hydrogen-bond acceptors (Lipinski definition) is 4. The minimum atomic E-state index is -3.56. The van der Waals surface area contributed by atoms with Crippen molar-refractivity contribution in [1.82, 2.24) is 9.29 Å². The van der Waals surface area contributed by atoms with E-state index in [1.807, 2.05) is 27.7 Å². The summed E-state index contributed by atoms with van der Waals surface area (Å²) in [6, 6.07) is 1.51. The van der Waals surface area contributed by atoms with Crippen LogP contribution in [0.3, 0.4) is 0 Å². The minimum absolute atomic E-state index is 0.0944. The molecular weight excluding hydrogens is 342 g/mol. The summed E-state index contributed by atoms with van der Waals surface area (Å²) in [5, 5.41) is 3.08. The molecular formula is C13H22BrN3O2S. The van der Waals surface area contributed by atoms with Crippen LogP contribution in [0.1, 0.15) is 34.1 Å². The van der Waals surface area contributed by atoms with Crippen LogP contribution >= 0.6 is 15.9 Å². The van der Waals surface area contributed by atoms with E-state index >= 15 is 0 Å². The van der Waals surface area contributed by atoms with E-state index in [4.69, 9.17) is 0 Å². The zero-order valence-corrected chi connectivity index (χ0v) is 14.8. The van der Waals surface area contributed by atoms with E-state index in [0.717, 1.165) is 6.42 Å². The van der Waals surface area contributed by atoms with Gasteiger partial charge in [-0.05, 0) is 42.3 Å². The highest BCUT2D eigenvalue weighted by atomic mass is 79.9. The first-order valence-electron chi connectivity index (χ1n) is 6.75. The third-order valence-electron chi connectivity index (χ3n) is 2.84. The quantitative estimate of drug-likeness (QED) is 0.808. The minimum Gasteiger partial charge on any atom is -0.369 e. The summed E-state index contributed by atoms with van der Waals surface area (Å²) in [6.45, 7) is 8.70. The molecule has 0 aliphatic rings. The number of hydrogen-bond donors (Lipinski definition) is 1. The molecule has 1 aromatic heterocycles. The smallest absolute Gasteiger partial charge is 0.247 e. The molecule has 0 aliphatic carbocycles. The van der Waals surface area contributed by atoms with Crippen molar-refractivity contribution in [2.24, 2.45) is 0 Å². The number of anilines is 1. The zero-order chi connectivity index (χ0) is 15.3. The van der Waals surface area contributed by atoms with Crippen LogP contribution in [0.4, 0.5) is 5.82 Å². The van der Waals surface area contributed by atoms with Crippen LogP contribution in [0, 0.1) is 0 Å². The summed E-state index contributed by atoms with van der Waals surface area (Å²) in [6.07, 6.45) is 2.50. The molecule has 1 heterocycles. The predicted octanol–water partition coefficient (Wildman–Crippen LogP) is 3.09. The highest BCUT2D eigenvalue weighted by Crippen LogP contribution is 2.27. The second-order valence-electron chi connectivity index (χ2n) is 4.73. The molecule has 0 amide bonds. The highest BCUT2D eigenvalue weighted by Gasteiger charge is 2.28. The monoisotopic (exact) mass is 363 g/mol. The van der Waals surface area contributed by atoms with Gasteiger partial charge in [-0.15, -0.1) is 0 Å². The second-order valence-corrected chi connectivity index (χ2v) is 7.50. The van der Waals surface area contributed by atoms with E-state index in [1.54, 1.807) is 12.3 Å². The zero-order valence-electron chi connectivity index (χ0n) is 12.4. The molecule has 0 saturated carbocycles. The number of pyridine rings is 1. The van der Waals surface area contributed by atoms with Crippen molar-refractivity contribution >= 4 is 31.8 Å². The topological polar surface area (TPSA) is 62.3 Å². The molecule has 0 bridgehead atoms. The van der Waals surface area contributed by atoms with Crippen molar-refractivity contribution in [2.45, 2.75) is 45.1 Å². The molecule has 0 spiro atoms. The Balaban J connectivity index is 3.31. The van der Waals surface area contributed by atoms with Gasteiger partial charge in [0.05, 0.1) is 0 Å². The lowest BCUT2D eigenvalue weighted by atomic mass is 10.4. The Labute approximate surface area is 130 Å². The first-order chi connectivity index (χ1) is 9.34. The van der Waals surface area contributed by atoms with Gasteiger partial charge in [0.1, 0.15) is 10.7 Å². The number of aromatic nitrogens is 1. The summed E-state index contributed by atoms with van der Waals surface area (Å²) < 4.78 is 27.6. The van der Waals surface area contributed by atoms with Gasteiger partial charge < -0.3 is 5.32 Å². The van der Waals surface area contributed by atoms with Crippen LogP contribution < -0.4 is 5.32 Å². The van der Waals surface area contributed by atoms with Gasteiger partial charge in [-0.25, -0.2) is 13.4 Å². The Kier molecular flexibility index (Phi) is 6.42. The van der Waals surface area contributed by atoms with Gasteiger partial charge in [0.15, 0.2) is 0 Å².